The van der Waals surface area contributed by atoms with E-state index in [4.69, 9.17) is 4.74 Å². The summed E-state index contributed by atoms with van der Waals surface area (Å²) in [6.07, 6.45) is 0. The Morgan fingerprint density at radius 3 is 2.55 bits per heavy atom. The molecule has 2 rings (SSSR count). The summed E-state index contributed by atoms with van der Waals surface area (Å²) in [4.78, 5) is 14.1. The molecule has 0 saturated carbocycles. The maximum absolute atomic E-state index is 12.2. The van der Waals surface area contributed by atoms with Crippen LogP contribution in [0.1, 0.15) is 10.4 Å². The van der Waals surface area contributed by atoms with Crippen molar-refractivity contribution in [1.82, 2.24) is 0 Å². The van der Waals surface area contributed by atoms with Gasteiger partial charge in [-0.2, -0.15) is 0 Å². The first-order chi connectivity index (χ1) is 9.60. The molecule has 0 spiro atoms. The van der Waals surface area contributed by atoms with Gasteiger partial charge in [0.15, 0.2) is 5.78 Å². The molecule has 0 radical (unpaired) electrons. The van der Waals surface area contributed by atoms with Gasteiger partial charge in [0.2, 0.25) is 0 Å². The molecule has 2 aromatic carbocycles. The number of ether oxygens (including phenoxy) is 1. The molecule has 0 aromatic heterocycles. The number of likely N-dealkylation sites (N-methyl/N-ethyl adjacent to an activating group) is 1. The van der Waals surface area contributed by atoms with Gasteiger partial charge in [-0.05, 0) is 46.9 Å². The molecule has 2 aromatic rings. The maximum atomic E-state index is 12.2. The Labute approximate surface area is 132 Å². The Hall–Kier alpha value is -1.56. The Kier molecular flexibility index (Phi) is 5.00. The number of methoxy groups -OCH3 is 1. The molecule has 0 saturated heterocycles. The van der Waals surface area contributed by atoms with Crippen LogP contribution in [0.15, 0.2) is 48.5 Å². The number of hydrogen-bond donors (Lipinski definition) is 0. The Morgan fingerprint density at radius 2 is 1.90 bits per heavy atom. The topological polar surface area (TPSA) is 29.5 Å². The zero-order valence-corrected chi connectivity index (χ0v) is 13.6. The van der Waals surface area contributed by atoms with Crippen LogP contribution < -0.4 is 9.64 Å². The van der Waals surface area contributed by atoms with Crippen molar-refractivity contribution in [3.05, 3.63) is 57.7 Å². The maximum Gasteiger partial charge on any atom is 0.182 e. The fourth-order valence-corrected chi connectivity index (χ4v) is 2.24. The number of benzene rings is 2. The van der Waals surface area contributed by atoms with Gasteiger partial charge in [0, 0.05) is 27.9 Å². The highest BCUT2D eigenvalue weighted by molar-refractivity contribution is 14.1. The van der Waals surface area contributed by atoms with E-state index in [1.165, 1.54) is 0 Å². The second kappa shape index (κ2) is 6.74. The Morgan fingerprint density at radius 1 is 1.20 bits per heavy atom. The molecule has 0 aliphatic heterocycles. The zero-order valence-electron chi connectivity index (χ0n) is 11.5. The minimum atomic E-state index is 0.103. The molecule has 0 N–H and O–H groups in total. The first kappa shape index (κ1) is 14.8. The molecule has 0 fully saturated rings. The number of nitrogens with zero attached hydrogens (tertiary/aromatic N) is 1. The van der Waals surface area contributed by atoms with Crippen molar-refractivity contribution in [3.8, 4) is 5.75 Å². The van der Waals surface area contributed by atoms with Crippen LogP contribution in [0.4, 0.5) is 5.69 Å². The third-order valence-electron chi connectivity index (χ3n) is 3.04. The van der Waals surface area contributed by atoms with Crippen LogP contribution in [0.3, 0.4) is 0 Å². The molecule has 20 heavy (non-hydrogen) atoms. The second-order valence-electron chi connectivity index (χ2n) is 4.49. The van der Waals surface area contributed by atoms with E-state index in [2.05, 4.69) is 22.6 Å². The lowest BCUT2D eigenvalue weighted by Crippen LogP contribution is -2.25. The molecule has 4 heteroatoms. The molecule has 0 heterocycles. The summed E-state index contributed by atoms with van der Waals surface area (Å²) in [5.41, 5.74) is 1.70. The minimum Gasteiger partial charge on any atom is -0.497 e. The highest BCUT2D eigenvalue weighted by atomic mass is 127. The summed E-state index contributed by atoms with van der Waals surface area (Å²) in [6.45, 7) is 0.341. The van der Waals surface area contributed by atoms with Crippen LogP contribution >= 0.6 is 22.6 Å². The summed E-state index contributed by atoms with van der Waals surface area (Å²) in [6, 6.07) is 15.3. The standard InChI is InChI=1S/C16H16INO2/c1-18(14-4-3-5-15(10-14)20-2)11-16(19)12-6-8-13(17)9-7-12/h3-10H,11H2,1-2H3. The summed E-state index contributed by atoms with van der Waals surface area (Å²) in [5, 5.41) is 0. The van der Waals surface area contributed by atoms with Gasteiger partial charge >= 0.3 is 0 Å². The number of hydrogen-bond acceptors (Lipinski definition) is 3. The van der Waals surface area contributed by atoms with E-state index in [0.29, 0.717) is 6.54 Å². The van der Waals surface area contributed by atoms with Crippen LogP contribution in [0.25, 0.3) is 0 Å². The van der Waals surface area contributed by atoms with Gasteiger partial charge in [-0.3, -0.25) is 4.79 Å². The Bertz CT molecular complexity index is 596. The Balaban J connectivity index is 2.08. The van der Waals surface area contributed by atoms with E-state index in [9.17, 15) is 4.79 Å². The average Bonchev–Trinajstić information content (AvgIpc) is 2.47. The van der Waals surface area contributed by atoms with Gasteiger partial charge in [0.1, 0.15) is 5.75 Å². The van der Waals surface area contributed by atoms with Crippen molar-refractivity contribution in [1.29, 1.82) is 0 Å². The number of Topliss-reactive ketones (excluding diaryl/α,β-unsaturated/α-hetero) is 1. The van der Waals surface area contributed by atoms with E-state index < -0.39 is 0 Å². The number of ketones is 1. The van der Waals surface area contributed by atoms with E-state index in [-0.39, 0.29) is 5.78 Å². The lowest BCUT2D eigenvalue weighted by Gasteiger charge is -2.19. The van der Waals surface area contributed by atoms with Gasteiger partial charge < -0.3 is 9.64 Å². The average molecular weight is 381 g/mol. The number of carbonyl (C=O) groups is 1. The SMILES string of the molecule is COc1cccc(N(C)CC(=O)c2ccc(I)cc2)c1. The highest BCUT2D eigenvalue weighted by Gasteiger charge is 2.10. The van der Waals surface area contributed by atoms with Crippen LogP contribution in [0.5, 0.6) is 5.75 Å². The highest BCUT2D eigenvalue weighted by Crippen LogP contribution is 2.20. The second-order valence-corrected chi connectivity index (χ2v) is 5.73. The number of rotatable bonds is 5. The molecular formula is C16H16INO2. The van der Waals surface area contributed by atoms with Crippen molar-refractivity contribution < 1.29 is 9.53 Å². The molecule has 104 valence electrons. The van der Waals surface area contributed by atoms with Crippen LogP contribution in [-0.4, -0.2) is 26.5 Å². The molecule has 0 unspecified atom stereocenters. The summed E-state index contributed by atoms with van der Waals surface area (Å²) >= 11 is 2.23. The van der Waals surface area contributed by atoms with E-state index >= 15 is 0 Å². The smallest absolute Gasteiger partial charge is 0.182 e. The lowest BCUT2D eigenvalue weighted by atomic mass is 10.1. The van der Waals surface area contributed by atoms with E-state index in [1.807, 2.05) is 60.5 Å². The lowest BCUT2D eigenvalue weighted by molar-refractivity contribution is 0.100. The van der Waals surface area contributed by atoms with Crippen molar-refractivity contribution >= 4 is 34.1 Å². The normalized spacial score (nSPS) is 10.2. The number of halogens is 1. The van der Waals surface area contributed by atoms with Crippen LogP contribution in [-0.2, 0) is 0 Å². The van der Waals surface area contributed by atoms with Gasteiger partial charge in [-0.25, -0.2) is 0 Å². The number of anilines is 1. The predicted molar refractivity (Wildman–Crippen MR) is 89.8 cm³/mol. The molecule has 0 bridgehead atoms. The quantitative estimate of drug-likeness (QED) is 0.586. The number of carbonyl (C=O) groups excluding carboxylic acids is 1. The van der Waals surface area contributed by atoms with E-state index in [1.54, 1.807) is 7.11 Å². The van der Waals surface area contributed by atoms with E-state index in [0.717, 1.165) is 20.6 Å². The molecular weight excluding hydrogens is 365 g/mol. The van der Waals surface area contributed by atoms with Crippen LogP contribution in [0, 0.1) is 3.57 Å². The first-order valence-corrected chi connectivity index (χ1v) is 7.32. The molecule has 0 amide bonds. The van der Waals surface area contributed by atoms with Gasteiger partial charge in [0.05, 0.1) is 13.7 Å². The van der Waals surface area contributed by atoms with Crippen LogP contribution in [0.2, 0.25) is 0 Å². The molecule has 0 aliphatic carbocycles. The fourth-order valence-electron chi connectivity index (χ4n) is 1.88. The minimum absolute atomic E-state index is 0.103. The zero-order chi connectivity index (χ0) is 14.5. The summed E-state index contributed by atoms with van der Waals surface area (Å²) in [7, 11) is 3.54. The summed E-state index contributed by atoms with van der Waals surface area (Å²) in [5.74, 6) is 0.891. The first-order valence-electron chi connectivity index (χ1n) is 6.24. The van der Waals surface area contributed by atoms with Gasteiger partial charge in [-0.15, -0.1) is 0 Å². The summed E-state index contributed by atoms with van der Waals surface area (Å²) < 4.78 is 6.32. The third kappa shape index (κ3) is 3.72. The predicted octanol–water partition coefficient (Wildman–Crippen LogP) is 3.62. The van der Waals surface area contributed by atoms with Crippen molar-refractivity contribution in [3.63, 3.8) is 0 Å². The largest absolute Gasteiger partial charge is 0.497 e. The van der Waals surface area contributed by atoms with Gasteiger partial charge in [0.25, 0.3) is 0 Å². The fraction of sp³-hybridized carbons (Fsp3) is 0.188. The monoisotopic (exact) mass is 381 g/mol. The molecule has 0 aliphatic rings. The molecule has 3 nitrogen and oxygen atoms in total. The molecule has 0 atom stereocenters. The van der Waals surface area contributed by atoms with Crippen molar-refractivity contribution in [2.24, 2.45) is 0 Å². The third-order valence-corrected chi connectivity index (χ3v) is 3.76. The van der Waals surface area contributed by atoms with Gasteiger partial charge in [-0.1, -0.05) is 18.2 Å². The van der Waals surface area contributed by atoms with Crippen molar-refractivity contribution in [2.75, 3.05) is 25.6 Å². The van der Waals surface area contributed by atoms with Crippen molar-refractivity contribution in [2.45, 2.75) is 0 Å².